The Morgan fingerprint density at radius 2 is 2.10 bits per heavy atom. The third-order valence-electron chi connectivity index (χ3n) is 4.64. The maximum atomic E-state index is 12.2. The Labute approximate surface area is 123 Å². The van der Waals surface area contributed by atoms with Gasteiger partial charge in [0.1, 0.15) is 5.54 Å². The zero-order valence-electron chi connectivity index (χ0n) is 13.4. The van der Waals surface area contributed by atoms with Gasteiger partial charge in [0.15, 0.2) is 0 Å². The van der Waals surface area contributed by atoms with E-state index in [-0.39, 0.29) is 5.97 Å². The lowest BCUT2D eigenvalue weighted by molar-refractivity contribution is -0.151. The Kier molecular flexibility index (Phi) is 5.08. The highest BCUT2D eigenvalue weighted by Crippen LogP contribution is 2.38. The minimum absolute atomic E-state index is 0.0971. The van der Waals surface area contributed by atoms with Crippen LogP contribution in [0.25, 0.3) is 0 Å². The van der Waals surface area contributed by atoms with Crippen LogP contribution in [-0.2, 0) is 9.53 Å². The average Bonchev–Trinajstić information content (AvgIpc) is 3.29. The van der Waals surface area contributed by atoms with E-state index in [1.807, 2.05) is 13.8 Å². The molecule has 0 radical (unpaired) electrons. The van der Waals surface area contributed by atoms with Crippen LogP contribution in [0.15, 0.2) is 0 Å². The van der Waals surface area contributed by atoms with E-state index in [1.54, 1.807) is 0 Å². The highest BCUT2D eigenvalue weighted by molar-refractivity contribution is 5.80. The second-order valence-electron chi connectivity index (χ2n) is 6.96. The molecule has 116 valence electrons. The first-order chi connectivity index (χ1) is 9.44. The van der Waals surface area contributed by atoms with Crippen molar-refractivity contribution in [3.05, 3.63) is 0 Å². The van der Waals surface area contributed by atoms with Crippen molar-refractivity contribution in [3.63, 3.8) is 0 Å². The third-order valence-corrected chi connectivity index (χ3v) is 4.64. The zero-order valence-corrected chi connectivity index (χ0v) is 13.4. The summed E-state index contributed by atoms with van der Waals surface area (Å²) in [5.74, 6) is 1.66. The molecule has 3 unspecified atom stereocenters. The van der Waals surface area contributed by atoms with Gasteiger partial charge in [-0.3, -0.25) is 10.1 Å². The van der Waals surface area contributed by atoms with E-state index in [1.165, 1.54) is 19.3 Å². The Balaban J connectivity index is 1.81. The lowest BCUT2D eigenvalue weighted by Crippen LogP contribution is -2.53. The summed E-state index contributed by atoms with van der Waals surface area (Å²) in [6, 6.07) is 0.512. The van der Waals surface area contributed by atoms with E-state index in [2.05, 4.69) is 24.2 Å². The van der Waals surface area contributed by atoms with Gasteiger partial charge in [-0.2, -0.15) is 0 Å². The van der Waals surface area contributed by atoms with Crippen LogP contribution in [0, 0.1) is 11.8 Å². The molecule has 0 aliphatic heterocycles. The first kappa shape index (κ1) is 15.8. The maximum absolute atomic E-state index is 12.2. The van der Waals surface area contributed by atoms with Gasteiger partial charge in [0.25, 0.3) is 0 Å². The van der Waals surface area contributed by atoms with Crippen molar-refractivity contribution in [1.82, 2.24) is 10.2 Å². The summed E-state index contributed by atoms with van der Waals surface area (Å²) >= 11 is 0. The Morgan fingerprint density at radius 1 is 1.45 bits per heavy atom. The molecular formula is C16H30N2O2. The van der Waals surface area contributed by atoms with Gasteiger partial charge in [-0.15, -0.1) is 0 Å². The molecule has 4 nitrogen and oxygen atoms in total. The van der Waals surface area contributed by atoms with Crippen LogP contribution < -0.4 is 5.32 Å². The quantitative estimate of drug-likeness (QED) is 0.657. The van der Waals surface area contributed by atoms with Crippen LogP contribution in [0.1, 0.15) is 46.5 Å². The minimum atomic E-state index is -0.527. The largest absolute Gasteiger partial charge is 0.465 e. The average molecular weight is 282 g/mol. The van der Waals surface area contributed by atoms with Crippen molar-refractivity contribution in [2.45, 2.75) is 58.0 Å². The van der Waals surface area contributed by atoms with Crippen LogP contribution in [-0.4, -0.2) is 49.2 Å². The molecule has 0 aromatic rings. The van der Waals surface area contributed by atoms with E-state index in [4.69, 9.17) is 4.74 Å². The molecule has 1 N–H and O–H groups in total. The fourth-order valence-electron chi connectivity index (χ4n) is 2.76. The molecule has 2 saturated carbocycles. The molecule has 4 heteroatoms. The van der Waals surface area contributed by atoms with Crippen LogP contribution in [0.2, 0.25) is 0 Å². The minimum Gasteiger partial charge on any atom is -0.465 e. The highest BCUT2D eigenvalue weighted by atomic mass is 16.5. The van der Waals surface area contributed by atoms with Crippen molar-refractivity contribution in [2.75, 3.05) is 26.7 Å². The zero-order chi connectivity index (χ0) is 14.8. The summed E-state index contributed by atoms with van der Waals surface area (Å²) in [7, 11) is 2.16. The van der Waals surface area contributed by atoms with Gasteiger partial charge in [-0.05, 0) is 58.4 Å². The Morgan fingerprint density at radius 3 is 2.60 bits per heavy atom. The van der Waals surface area contributed by atoms with Crippen molar-refractivity contribution in [1.29, 1.82) is 0 Å². The van der Waals surface area contributed by atoms with E-state index in [0.717, 1.165) is 31.3 Å². The van der Waals surface area contributed by atoms with Crippen molar-refractivity contribution >= 4 is 5.97 Å². The Hall–Kier alpha value is -0.610. The second kappa shape index (κ2) is 6.44. The number of ether oxygens (including phenoxy) is 1. The summed E-state index contributed by atoms with van der Waals surface area (Å²) < 4.78 is 5.26. The molecule has 2 aliphatic carbocycles. The van der Waals surface area contributed by atoms with Gasteiger partial charge in [0.2, 0.25) is 0 Å². The smallest absolute Gasteiger partial charge is 0.326 e. The number of nitrogens with zero attached hydrogens (tertiary/aromatic N) is 1. The molecule has 2 aliphatic rings. The number of carbonyl (C=O) groups excluding carboxylic acids is 1. The first-order valence-electron chi connectivity index (χ1n) is 8.08. The van der Waals surface area contributed by atoms with E-state index in [9.17, 15) is 4.79 Å². The summed E-state index contributed by atoms with van der Waals surface area (Å²) in [5, 5.41) is 3.48. The summed E-state index contributed by atoms with van der Waals surface area (Å²) in [5.41, 5.74) is -0.527. The summed E-state index contributed by atoms with van der Waals surface area (Å²) in [6.45, 7) is 8.74. The Bertz CT molecular complexity index is 343. The van der Waals surface area contributed by atoms with E-state index in [0.29, 0.717) is 12.6 Å². The fourth-order valence-corrected chi connectivity index (χ4v) is 2.76. The van der Waals surface area contributed by atoms with Crippen LogP contribution in [0.4, 0.5) is 0 Å². The molecule has 0 saturated heterocycles. The molecule has 2 rings (SSSR count). The molecular weight excluding hydrogens is 252 g/mol. The van der Waals surface area contributed by atoms with E-state index < -0.39 is 5.54 Å². The normalized spacial score (nSPS) is 28.2. The van der Waals surface area contributed by atoms with Crippen LogP contribution >= 0.6 is 0 Å². The summed E-state index contributed by atoms with van der Waals surface area (Å²) in [6.07, 6.45) is 4.55. The molecule has 0 spiro atoms. The summed E-state index contributed by atoms with van der Waals surface area (Å²) in [4.78, 5) is 14.6. The lowest BCUT2D eigenvalue weighted by Gasteiger charge is -2.30. The van der Waals surface area contributed by atoms with Gasteiger partial charge in [-0.25, -0.2) is 0 Å². The monoisotopic (exact) mass is 282 g/mol. The van der Waals surface area contributed by atoms with Gasteiger partial charge in [0, 0.05) is 19.1 Å². The van der Waals surface area contributed by atoms with Crippen molar-refractivity contribution in [2.24, 2.45) is 11.8 Å². The molecule has 0 heterocycles. The third kappa shape index (κ3) is 4.45. The SMILES string of the molecule is CCOC(=O)C(C)(CCN(C)CC1CC1C)NC1CC1. The predicted octanol–water partition coefficient (Wildman–Crippen LogP) is 2.04. The van der Waals surface area contributed by atoms with Gasteiger partial charge >= 0.3 is 5.97 Å². The van der Waals surface area contributed by atoms with Crippen molar-refractivity contribution in [3.8, 4) is 0 Å². The number of hydrogen-bond acceptors (Lipinski definition) is 4. The number of nitrogens with one attached hydrogen (secondary N) is 1. The molecule has 0 bridgehead atoms. The van der Waals surface area contributed by atoms with Gasteiger partial charge in [-0.1, -0.05) is 6.92 Å². The number of rotatable bonds is 9. The van der Waals surface area contributed by atoms with Gasteiger partial charge < -0.3 is 9.64 Å². The van der Waals surface area contributed by atoms with Gasteiger partial charge in [0.05, 0.1) is 6.61 Å². The van der Waals surface area contributed by atoms with Crippen molar-refractivity contribution < 1.29 is 9.53 Å². The lowest BCUT2D eigenvalue weighted by atomic mass is 9.97. The number of carbonyl (C=O) groups is 1. The van der Waals surface area contributed by atoms with Crippen LogP contribution in [0.3, 0.4) is 0 Å². The number of hydrogen-bond donors (Lipinski definition) is 1. The molecule has 0 aromatic carbocycles. The predicted molar refractivity (Wildman–Crippen MR) is 80.6 cm³/mol. The first-order valence-corrected chi connectivity index (χ1v) is 8.08. The second-order valence-corrected chi connectivity index (χ2v) is 6.96. The number of esters is 1. The maximum Gasteiger partial charge on any atom is 0.326 e. The molecule has 0 aromatic heterocycles. The molecule has 20 heavy (non-hydrogen) atoms. The van der Waals surface area contributed by atoms with Crippen LogP contribution in [0.5, 0.6) is 0 Å². The standard InChI is InChI=1S/C16H30N2O2/c1-5-20-15(19)16(3,17-14-6-7-14)8-9-18(4)11-13-10-12(13)2/h12-14,17H,5-11H2,1-4H3. The topological polar surface area (TPSA) is 41.6 Å². The highest BCUT2D eigenvalue weighted by Gasteiger charge is 2.40. The molecule has 0 amide bonds. The van der Waals surface area contributed by atoms with E-state index >= 15 is 0 Å². The molecule has 3 atom stereocenters. The fraction of sp³-hybridized carbons (Fsp3) is 0.938. The molecule has 2 fully saturated rings.